The second kappa shape index (κ2) is 5.45. The van der Waals surface area contributed by atoms with Crippen LogP contribution in [-0.2, 0) is 9.22 Å². The van der Waals surface area contributed by atoms with Crippen LogP contribution in [0.4, 0.5) is 0 Å². The minimum absolute atomic E-state index is 0.198. The first kappa shape index (κ1) is 15.8. The van der Waals surface area contributed by atoms with Gasteiger partial charge in [-0.15, -0.1) is 0 Å². The summed E-state index contributed by atoms with van der Waals surface area (Å²) in [5, 5.41) is 0.271. The van der Waals surface area contributed by atoms with E-state index in [0.717, 1.165) is 25.7 Å². The summed E-state index contributed by atoms with van der Waals surface area (Å²) in [7, 11) is -1.60. The highest BCUT2D eigenvalue weighted by Gasteiger charge is 2.36. The Morgan fingerprint density at radius 2 is 1.62 bits per heavy atom. The number of carbonyl (C=O) groups excluding carboxylic acids is 1. The van der Waals surface area contributed by atoms with Crippen molar-refractivity contribution in [3.63, 3.8) is 0 Å². The molecule has 3 heteroatoms. The van der Waals surface area contributed by atoms with E-state index in [1.807, 2.05) is 13.8 Å². The van der Waals surface area contributed by atoms with Crippen molar-refractivity contribution < 1.29 is 9.22 Å². The Kier molecular flexibility index (Phi) is 5.40. The van der Waals surface area contributed by atoms with Crippen molar-refractivity contribution in [1.29, 1.82) is 0 Å². The maximum absolute atomic E-state index is 10.7. The molecule has 0 radical (unpaired) electrons. The largest absolute Gasteiger partial charge is 0.417 e. The first-order valence-corrected chi connectivity index (χ1v) is 9.03. The summed E-state index contributed by atoms with van der Waals surface area (Å²) in [6, 6.07) is 0. The first-order valence-electron chi connectivity index (χ1n) is 6.12. The second-order valence-corrected chi connectivity index (χ2v) is 11.6. The summed E-state index contributed by atoms with van der Waals surface area (Å²) < 4.78 is 6.06. The van der Waals surface area contributed by atoms with Crippen molar-refractivity contribution in [3.8, 4) is 0 Å². The van der Waals surface area contributed by atoms with E-state index in [9.17, 15) is 4.79 Å². The summed E-state index contributed by atoms with van der Waals surface area (Å²) in [6.07, 6.45) is 2.92. The van der Waals surface area contributed by atoms with Crippen molar-refractivity contribution in [2.45, 2.75) is 65.6 Å². The molecule has 0 unspecified atom stereocenters. The lowest BCUT2D eigenvalue weighted by Crippen LogP contribution is -2.41. The van der Waals surface area contributed by atoms with Gasteiger partial charge in [-0.3, -0.25) is 0 Å². The highest BCUT2D eigenvalue weighted by Crippen LogP contribution is 2.36. The Balaban J connectivity index is 3.96. The van der Waals surface area contributed by atoms with Crippen molar-refractivity contribution >= 4 is 14.6 Å². The quantitative estimate of drug-likeness (QED) is 0.401. The predicted molar refractivity (Wildman–Crippen MR) is 72.2 cm³/mol. The molecule has 0 spiro atoms. The van der Waals surface area contributed by atoms with Crippen LogP contribution in [0.2, 0.25) is 18.1 Å². The lowest BCUT2D eigenvalue weighted by molar-refractivity contribution is -0.115. The molecule has 16 heavy (non-hydrogen) atoms. The minimum atomic E-state index is -1.60. The molecule has 0 amide bonds. The lowest BCUT2D eigenvalue weighted by Gasteiger charge is -2.36. The molecular weight excluding hydrogens is 216 g/mol. The summed E-state index contributed by atoms with van der Waals surface area (Å²) in [4.78, 5) is 10.7. The Morgan fingerprint density at radius 3 is 2.00 bits per heavy atom. The standard InChI is InChI=1S/C13H28O2Si/c1-12(2,3)16(6,7)15-10-8-9-13(4,5)11-14/h11H,8-10H2,1-7H3. The topological polar surface area (TPSA) is 26.3 Å². The van der Waals surface area contributed by atoms with Crippen molar-refractivity contribution in [2.75, 3.05) is 6.61 Å². The Bertz CT molecular complexity index is 227. The van der Waals surface area contributed by atoms with Crippen molar-refractivity contribution in [1.82, 2.24) is 0 Å². The van der Waals surface area contributed by atoms with E-state index in [-0.39, 0.29) is 10.5 Å². The van der Waals surface area contributed by atoms with Crippen LogP contribution in [-0.4, -0.2) is 21.2 Å². The van der Waals surface area contributed by atoms with E-state index in [1.165, 1.54) is 0 Å². The van der Waals surface area contributed by atoms with Gasteiger partial charge in [-0.05, 0) is 31.0 Å². The average Bonchev–Trinajstić information content (AvgIpc) is 2.11. The molecule has 96 valence electrons. The first-order chi connectivity index (χ1) is 7.02. The van der Waals surface area contributed by atoms with Gasteiger partial charge in [0.15, 0.2) is 8.32 Å². The SMILES string of the molecule is CC(C)(C=O)CCCO[Si](C)(C)C(C)(C)C. The number of aldehydes is 1. The third kappa shape index (κ3) is 5.26. The van der Waals surface area contributed by atoms with Gasteiger partial charge in [0, 0.05) is 12.0 Å². The number of hydrogen-bond acceptors (Lipinski definition) is 2. The maximum Gasteiger partial charge on any atom is 0.191 e. The van der Waals surface area contributed by atoms with E-state index >= 15 is 0 Å². The molecule has 0 aliphatic rings. The van der Waals surface area contributed by atoms with E-state index in [2.05, 4.69) is 33.9 Å². The van der Waals surface area contributed by atoms with E-state index in [1.54, 1.807) is 0 Å². The molecular formula is C13H28O2Si. The molecule has 0 aliphatic carbocycles. The van der Waals surface area contributed by atoms with Crippen LogP contribution in [0.3, 0.4) is 0 Å². The van der Waals surface area contributed by atoms with Crippen LogP contribution in [0, 0.1) is 5.41 Å². The third-order valence-electron chi connectivity index (χ3n) is 3.55. The van der Waals surface area contributed by atoms with Gasteiger partial charge in [0.1, 0.15) is 6.29 Å². The summed E-state index contributed by atoms with van der Waals surface area (Å²) in [5.74, 6) is 0. The molecule has 0 rings (SSSR count). The fourth-order valence-electron chi connectivity index (χ4n) is 1.13. The van der Waals surface area contributed by atoms with E-state index < -0.39 is 8.32 Å². The van der Waals surface area contributed by atoms with Gasteiger partial charge in [0.05, 0.1) is 0 Å². The van der Waals surface area contributed by atoms with Crippen LogP contribution in [0.1, 0.15) is 47.5 Å². The smallest absolute Gasteiger partial charge is 0.191 e. The Morgan fingerprint density at radius 1 is 1.12 bits per heavy atom. The van der Waals surface area contributed by atoms with Gasteiger partial charge < -0.3 is 9.22 Å². The van der Waals surface area contributed by atoms with Gasteiger partial charge in [-0.1, -0.05) is 34.6 Å². The van der Waals surface area contributed by atoms with Crippen LogP contribution >= 0.6 is 0 Å². The summed E-state index contributed by atoms with van der Waals surface area (Å²) >= 11 is 0. The minimum Gasteiger partial charge on any atom is -0.417 e. The van der Waals surface area contributed by atoms with Crippen molar-refractivity contribution in [3.05, 3.63) is 0 Å². The molecule has 0 heterocycles. The van der Waals surface area contributed by atoms with Crippen LogP contribution in [0.15, 0.2) is 0 Å². The zero-order valence-corrected chi connectivity index (χ0v) is 13.0. The third-order valence-corrected chi connectivity index (χ3v) is 8.09. The molecule has 0 aromatic carbocycles. The Hall–Kier alpha value is -0.153. The van der Waals surface area contributed by atoms with Crippen molar-refractivity contribution in [2.24, 2.45) is 5.41 Å². The average molecular weight is 244 g/mol. The molecule has 0 saturated carbocycles. The zero-order valence-electron chi connectivity index (χ0n) is 12.0. The zero-order chi connectivity index (χ0) is 13.0. The van der Waals surface area contributed by atoms with Gasteiger partial charge in [0.25, 0.3) is 0 Å². The highest BCUT2D eigenvalue weighted by molar-refractivity contribution is 6.74. The number of carbonyl (C=O) groups is 1. The maximum atomic E-state index is 10.7. The van der Waals surface area contributed by atoms with Gasteiger partial charge >= 0.3 is 0 Å². The highest BCUT2D eigenvalue weighted by atomic mass is 28.4. The second-order valence-electron chi connectivity index (χ2n) is 6.82. The molecule has 0 fully saturated rings. The number of rotatable bonds is 6. The van der Waals surface area contributed by atoms with Gasteiger partial charge in [-0.2, -0.15) is 0 Å². The van der Waals surface area contributed by atoms with E-state index in [0.29, 0.717) is 0 Å². The van der Waals surface area contributed by atoms with Gasteiger partial charge in [-0.25, -0.2) is 0 Å². The number of hydrogen-bond donors (Lipinski definition) is 0. The molecule has 0 aromatic heterocycles. The predicted octanol–water partition coefficient (Wildman–Crippen LogP) is 4.01. The molecule has 0 saturated heterocycles. The molecule has 2 nitrogen and oxygen atoms in total. The molecule has 0 aliphatic heterocycles. The molecule has 0 atom stereocenters. The fourth-order valence-corrected chi connectivity index (χ4v) is 2.22. The normalized spacial score (nSPS) is 13.9. The van der Waals surface area contributed by atoms with Crippen LogP contribution in [0.5, 0.6) is 0 Å². The fraction of sp³-hybridized carbons (Fsp3) is 0.923. The van der Waals surface area contributed by atoms with Crippen LogP contribution < -0.4 is 0 Å². The lowest BCUT2D eigenvalue weighted by atomic mass is 9.90. The van der Waals surface area contributed by atoms with Crippen LogP contribution in [0.25, 0.3) is 0 Å². The Labute approximate surface area is 102 Å². The summed E-state index contributed by atoms with van der Waals surface area (Å²) in [5.41, 5.74) is -0.198. The molecule has 0 aromatic rings. The van der Waals surface area contributed by atoms with Gasteiger partial charge in [0.2, 0.25) is 0 Å². The molecule has 0 N–H and O–H groups in total. The molecule has 0 bridgehead atoms. The van der Waals surface area contributed by atoms with E-state index in [4.69, 9.17) is 4.43 Å². The monoisotopic (exact) mass is 244 g/mol. The summed E-state index contributed by atoms with van der Waals surface area (Å²) in [6.45, 7) is 16.0.